The highest BCUT2D eigenvalue weighted by atomic mass is 15.3. The van der Waals surface area contributed by atoms with Crippen molar-refractivity contribution in [2.75, 3.05) is 11.5 Å². The van der Waals surface area contributed by atoms with Crippen molar-refractivity contribution >= 4 is 11.5 Å². The van der Waals surface area contributed by atoms with Crippen LogP contribution >= 0.6 is 0 Å². The number of hydrogen-bond acceptors (Lipinski definition) is 4. The Morgan fingerprint density at radius 2 is 1.88 bits per heavy atom. The molecule has 1 aromatic carbocycles. The number of aromatic nitrogens is 2. The molecule has 1 aromatic heterocycles. The predicted octanol–water partition coefficient (Wildman–Crippen LogP) is 1.22. The van der Waals surface area contributed by atoms with E-state index in [2.05, 4.69) is 5.10 Å². The normalized spacial score (nSPS) is 10.0. The Balaban J connectivity index is 2.57. The van der Waals surface area contributed by atoms with Crippen LogP contribution in [0.3, 0.4) is 0 Å². The fourth-order valence-corrected chi connectivity index (χ4v) is 1.41. The molecule has 4 N–H and O–H groups in total. The van der Waals surface area contributed by atoms with Gasteiger partial charge in [0.25, 0.3) is 0 Å². The molecule has 0 aliphatic carbocycles. The highest BCUT2D eigenvalue weighted by Gasteiger charge is 2.12. The zero-order chi connectivity index (χ0) is 11.7. The molecule has 0 amide bonds. The van der Waals surface area contributed by atoms with E-state index in [4.69, 9.17) is 16.7 Å². The first-order valence-corrected chi connectivity index (χ1v) is 4.74. The molecule has 0 bridgehead atoms. The molecule has 0 aliphatic rings. The van der Waals surface area contributed by atoms with E-state index in [0.29, 0.717) is 5.82 Å². The van der Waals surface area contributed by atoms with Crippen LogP contribution in [0, 0.1) is 18.3 Å². The molecule has 0 fully saturated rings. The van der Waals surface area contributed by atoms with Crippen LogP contribution in [-0.4, -0.2) is 9.78 Å². The summed E-state index contributed by atoms with van der Waals surface area (Å²) in [5.74, 6) is 0.292. The standard InChI is InChI=1S/C11H11N5/c1-7-2-4-8(5-3-7)16-11(14)10(13)9(6-12)15-16/h2-5H,13-14H2,1H3. The van der Waals surface area contributed by atoms with Crippen LogP contribution in [0.5, 0.6) is 0 Å². The third kappa shape index (κ3) is 1.46. The monoisotopic (exact) mass is 213 g/mol. The van der Waals surface area contributed by atoms with Crippen LogP contribution in [0.1, 0.15) is 11.3 Å². The largest absolute Gasteiger partial charge is 0.393 e. The second-order valence-corrected chi connectivity index (χ2v) is 3.51. The van der Waals surface area contributed by atoms with Gasteiger partial charge in [0.05, 0.1) is 5.69 Å². The van der Waals surface area contributed by atoms with Gasteiger partial charge in [0.2, 0.25) is 0 Å². The van der Waals surface area contributed by atoms with Gasteiger partial charge in [0.15, 0.2) is 11.5 Å². The van der Waals surface area contributed by atoms with Crippen LogP contribution in [0.4, 0.5) is 11.5 Å². The zero-order valence-corrected chi connectivity index (χ0v) is 8.81. The minimum absolute atomic E-state index is 0.151. The maximum absolute atomic E-state index is 8.79. The number of aryl methyl sites for hydroxylation is 1. The number of nitrogens with two attached hydrogens (primary N) is 2. The average molecular weight is 213 g/mol. The Bertz CT molecular complexity index is 559. The molecule has 80 valence electrons. The van der Waals surface area contributed by atoms with Crippen LogP contribution in [0.25, 0.3) is 5.69 Å². The molecular formula is C11H11N5. The number of hydrogen-bond donors (Lipinski definition) is 2. The van der Waals surface area contributed by atoms with Crippen molar-refractivity contribution in [3.63, 3.8) is 0 Å². The molecule has 1 heterocycles. The van der Waals surface area contributed by atoms with Gasteiger partial charge in [0, 0.05) is 0 Å². The smallest absolute Gasteiger partial charge is 0.188 e. The third-order valence-electron chi connectivity index (χ3n) is 2.34. The maximum atomic E-state index is 8.79. The minimum Gasteiger partial charge on any atom is -0.393 e. The Morgan fingerprint density at radius 3 is 2.38 bits per heavy atom. The van der Waals surface area contributed by atoms with E-state index in [1.54, 1.807) is 0 Å². The predicted molar refractivity (Wildman–Crippen MR) is 61.8 cm³/mol. The summed E-state index contributed by atoms with van der Waals surface area (Å²) in [7, 11) is 0. The Kier molecular flexibility index (Phi) is 2.25. The zero-order valence-electron chi connectivity index (χ0n) is 8.81. The molecule has 2 rings (SSSR count). The van der Waals surface area contributed by atoms with Crippen LogP contribution in [-0.2, 0) is 0 Å². The first-order valence-electron chi connectivity index (χ1n) is 4.74. The van der Waals surface area contributed by atoms with Gasteiger partial charge in [-0.25, -0.2) is 4.68 Å². The summed E-state index contributed by atoms with van der Waals surface area (Å²) in [6.07, 6.45) is 0. The van der Waals surface area contributed by atoms with E-state index < -0.39 is 0 Å². The highest BCUT2D eigenvalue weighted by Crippen LogP contribution is 2.22. The molecule has 0 spiro atoms. The van der Waals surface area contributed by atoms with Gasteiger partial charge in [-0.3, -0.25) is 0 Å². The van der Waals surface area contributed by atoms with E-state index in [1.165, 1.54) is 4.68 Å². The van der Waals surface area contributed by atoms with Gasteiger partial charge in [-0.1, -0.05) is 17.7 Å². The summed E-state index contributed by atoms with van der Waals surface area (Å²) < 4.78 is 1.47. The Hall–Kier alpha value is -2.48. The van der Waals surface area contributed by atoms with E-state index in [-0.39, 0.29) is 11.4 Å². The van der Waals surface area contributed by atoms with E-state index >= 15 is 0 Å². The third-order valence-corrected chi connectivity index (χ3v) is 2.34. The SMILES string of the molecule is Cc1ccc(-n2nc(C#N)c(N)c2N)cc1. The molecule has 0 atom stereocenters. The van der Waals surface area contributed by atoms with Gasteiger partial charge in [0.1, 0.15) is 11.8 Å². The van der Waals surface area contributed by atoms with Crippen LogP contribution < -0.4 is 11.5 Å². The van der Waals surface area contributed by atoms with Crippen molar-refractivity contribution in [1.29, 1.82) is 5.26 Å². The number of benzene rings is 1. The first kappa shape index (κ1) is 10.1. The van der Waals surface area contributed by atoms with Crippen LogP contribution in [0.2, 0.25) is 0 Å². The highest BCUT2D eigenvalue weighted by molar-refractivity contribution is 5.68. The molecule has 0 aliphatic heterocycles. The average Bonchev–Trinajstić information content (AvgIpc) is 2.57. The summed E-state index contributed by atoms with van der Waals surface area (Å²) in [5.41, 5.74) is 13.7. The van der Waals surface area contributed by atoms with Crippen molar-refractivity contribution in [2.45, 2.75) is 6.92 Å². The summed E-state index contributed by atoms with van der Waals surface area (Å²) in [5, 5.41) is 12.8. The molecule has 0 unspecified atom stereocenters. The van der Waals surface area contributed by atoms with Gasteiger partial charge >= 0.3 is 0 Å². The Morgan fingerprint density at radius 1 is 1.25 bits per heavy atom. The minimum atomic E-state index is 0.151. The number of nitrogen functional groups attached to an aromatic ring is 2. The summed E-state index contributed by atoms with van der Waals surface area (Å²) in [6, 6.07) is 9.54. The quantitative estimate of drug-likeness (QED) is 0.744. The molecule has 0 saturated carbocycles. The molecule has 5 heteroatoms. The topological polar surface area (TPSA) is 93.6 Å². The van der Waals surface area contributed by atoms with Crippen LogP contribution in [0.15, 0.2) is 24.3 Å². The molecule has 0 radical (unpaired) electrons. The fourth-order valence-electron chi connectivity index (χ4n) is 1.41. The lowest BCUT2D eigenvalue weighted by atomic mass is 10.2. The van der Waals surface area contributed by atoms with E-state index in [9.17, 15) is 0 Å². The van der Waals surface area contributed by atoms with Crippen molar-refractivity contribution in [3.05, 3.63) is 35.5 Å². The summed E-state index contributed by atoms with van der Waals surface area (Å²) >= 11 is 0. The van der Waals surface area contributed by atoms with E-state index in [1.807, 2.05) is 37.3 Å². The lowest BCUT2D eigenvalue weighted by molar-refractivity contribution is 0.883. The molecule has 0 saturated heterocycles. The van der Waals surface area contributed by atoms with Crippen molar-refractivity contribution < 1.29 is 0 Å². The van der Waals surface area contributed by atoms with E-state index in [0.717, 1.165) is 11.3 Å². The second-order valence-electron chi connectivity index (χ2n) is 3.51. The number of rotatable bonds is 1. The lowest BCUT2D eigenvalue weighted by Gasteiger charge is -2.03. The van der Waals surface area contributed by atoms with Gasteiger partial charge in [-0.2, -0.15) is 10.4 Å². The molecular weight excluding hydrogens is 202 g/mol. The van der Waals surface area contributed by atoms with Crippen molar-refractivity contribution in [1.82, 2.24) is 9.78 Å². The maximum Gasteiger partial charge on any atom is 0.188 e. The second kappa shape index (κ2) is 3.59. The summed E-state index contributed by atoms with van der Waals surface area (Å²) in [4.78, 5) is 0. The number of anilines is 2. The summed E-state index contributed by atoms with van der Waals surface area (Å²) in [6.45, 7) is 1.99. The Labute approximate surface area is 92.9 Å². The molecule has 2 aromatic rings. The first-order chi connectivity index (χ1) is 7.63. The molecule has 16 heavy (non-hydrogen) atoms. The number of nitrogens with zero attached hydrogens (tertiary/aromatic N) is 3. The fraction of sp³-hybridized carbons (Fsp3) is 0.0909. The lowest BCUT2D eigenvalue weighted by Crippen LogP contribution is -2.02. The van der Waals surface area contributed by atoms with Gasteiger partial charge < -0.3 is 11.5 Å². The molecule has 5 nitrogen and oxygen atoms in total. The number of nitriles is 1. The van der Waals surface area contributed by atoms with Crippen molar-refractivity contribution in [3.8, 4) is 11.8 Å². The van der Waals surface area contributed by atoms with Crippen molar-refractivity contribution in [2.24, 2.45) is 0 Å². The van der Waals surface area contributed by atoms with Gasteiger partial charge in [-0.05, 0) is 19.1 Å². The van der Waals surface area contributed by atoms with Gasteiger partial charge in [-0.15, -0.1) is 0 Å².